The molecular formula is C11H7BrClNO2. The summed E-state index contributed by atoms with van der Waals surface area (Å²) in [6.07, 6.45) is 0. The molecule has 0 amide bonds. The molecule has 0 fully saturated rings. The summed E-state index contributed by atoms with van der Waals surface area (Å²) in [6, 6.07) is 5.29. The van der Waals surface area contributed by atoms with E-state index in [1.165, 1.54) is 6.07 Å². The number of hydrogen-bond donors (Lipinski definition) is 1. The summed E-state index contributed by atoms with van der Waals surface area (Å²) >= 11 is 9.18. The number of hydrogen-bond acceptors (Lipinski definition) is 2. The molecule has 0 atom stereocenters. The molecule has 1 heterocycles. The Bertz CT molecular complexity index is 598. The van der Waals surface area contributed by atoms with Crippen LogP contribution in [0.4, 0.5) is 0 Å². The Labute approximate surface area is 105 Å². The van der Waals surface area contributed by atoms with Crippen LogP contribution in [-0.2, 0) is 0 Å². The fourth-order valence-electron chi connectivity index (χ4n) is 1.49. The third-order valence-electron chi connectivity index (χ3n) is 2.32. The van der Waals surface area contributed by atoms with Crippen LogP contribution in [0.25, 0.3) is 10.9 Å². The van der Waals surface area contributed by atoms with Gasteiger partial charge in [0.1, 0.15) is 5.15 Å². The van der Waals surface area contributed by atoms with E-state index >= 15 is 0 Å². The number of carboxylic acids is 1. The van der Waals surface area contributed by atoms with Crippen molar-refractivity contribution >= 4 is 44.4 Å². The molecule has 82 valence electrons. The van der Waals surface area contributed by atoms with Crippen molar-refractivity contribution in [1.82, 2.24) is 4.98 Å². The first-order valence-electron chi connectivity index (χ1n) is 4.49. The highest BCUT2D eigenvalue weighted by atomic mass is 79.9. The molecule has 0 aliphatic carbocycles. The smallest absolute Gasteiger partial charge is 0.338 e. The molecule has 0 saturated heterocycles. The SMILES string of the molecule is Cc1ccc(Br)c2cc(C(=O)O)c(Cl)nc12. The zero-order chi connectivity index (χ0) is 11.9. The average Bonchev–Trinajstić information content (AvgIpc) is 2.23. The number of rotatable bonds is 1. The topological polar surface area (TPSA) is 50.2 Å². The van der Waals surface area contributed by atoms with Crippen LogP contribution < -0.4 is 0 Å². The van der Waals surface area contributed by atoms with E-state index < -0.39 is 5.97 Å². The third-order valence-corrected chi connectivity index (χ3v) is 3.30. The van der Waals surface area contributed by atoms with Gasteiger partial charge in [0.25, 0.3) is 0 Å². The van der Waals surface area contributed by atoms with Crippen molar-refractivity contribution in [2.24, 2.45) is 0 Å². The molecule has 0 bridgehead atoms. The first-order chi connectivity index (χ1) is 7.50. The largest absolute Gasteiger partial charge is 0.478 e. The van der Waals surface area contributed by atoms with Crippen LogP contribution in [0.5, 0.6) is 0 Å². The molecule has 0 unspecified atom stereocenters. The Balaban J connectivity index is 2.89. The summed E-state index contributed by atoms with van der Waals surface area (Å²) in [7, 11) is 0. The van der Waals surface area contributed by atoms with Crippen LogP contribution in [0.15, 0.2) is 22.7 Å². The molecule has 16 heavy (non-hydrogen) atoms. The standard InChI is InChI=1S/C11H7BrClNO2/c1-5-2-3-8(12)6-4-7(11(15)16)10(13)14-9(5)6/h2-4H,1H3,(H,15,16). The maximum Gasteiger partial charge on any atom is 0.338 e. The first-order valence-corrected chi connectivity index (χ1v) is 5.66. The van der Waals surface area contributed by atoms with Crippen molar-refractivity contribution in [2.45, 2.75) is 6.92 Å². The fourth-order valence-corrected chi connectivity index (χ4v) is 2.14. The minimum absolute atomic E-state index is 0.0143. The molecule has 0 aliphatic rings. The lowest BCUT2D eigenvalue weighted by atomic mass is 10.1. The predicted molar refractivity (Wildman–Crippen MR) is 66.1 cm³/mol. The first kappa shape index (κ1) is 11.4. The quantitative estimate of drug-likeness (QED) is 0.818. The van der Waals surface area contributed by atoms with Crippen LogP contribution in [0.3, 0.4) is 0 Å². The summed E-state index contributed by atoms with van der Waals surface area (Å²) in [5.74, 6) is -1.08. The molecule has 1 aromatic carbocycles. The summed E-state index contributed by atoms with van der Waals surface area (Å²) in [5, 5.41) is 9.71. The predicted octanol–water partition coefficient (Wildman–Crippen LogP) is 3.66. The van der Waals surface area contributed by atoms with E-state index in [-0.39, 0.29) is 10.7 Å². The second kappa shape index (κ2) is 4.03. The van der Waals surface area contributed by atoms with Crippen molar-refractivity contribution in [3.05, 3.63) is 39.0 Å². The Morgan fingerprint density at radius 2 is 2.19 bits per heavy atom. The molecule has 0 spiro atoms. The van der Waals surface area contributed by atoms with Gasteiger partial charge >= 0.3 is 5.97 Å². The number of pyridine rings is 1. The molecule has 1 aromatic heterocycles. The van der Waals surface area contributed by atoms with Gasteiger partial charge in [0.2, 0.25) is 0 Å². The lowest BCUT2D eigenvalue weighted by Gasteiger charge is -2.06. The van der Waals surface area contributed by atoms with Crippen molar-refractivity contribution in [2.75, 3.05) is 0 Å². The lowest BCUT2D eigenvalue weighted by Crippen LogP contribution is -2.00. The number of fused-ring (bicyclic) bond motifs is 1. The number of nitrogens with zero attached hydrogens (tertiary/aromatic N) is 1. The van der Waals surface area contributed by atoms with Gasteiger partial charge in [0.05, 0.1) is 11.1 Å². The van der Waals surface area contributed by atoms with E-state index in [2.05, 4.69) is 20.9 Å². The molecule has 1 N–H and O–H groups in total. The maximum absolute atomic E-state index is 10.9. The van der Waals surface area contributed by atoms with Crippen LogP contribution in [-0.4, -0.2) is 16.1 Å². The number of aromatic carboxylic acids is 1. The van der Waals surface area contributed by atoms with Gasteiger partial charge in [-0.05, 0) is 24.6 Å². The van der Waals surface area contributed by atoms with Gasteiger partial charge in [-0.3, -0.25) is 0 Å². The zero-order valence-corrected chi connectivity index (χ0v) is 10.6. The van der Waals surface area contributed by atoms with Crippen LogP contribution in [0.2, 0.25) is 5.15 Å². The Morgan fingerprint density at radius 3 is 2.81 bits per heavy atom. The Kier molecular flexibility index (Phi) is 2.86. The van der Waals surface area contributed by atoms with Gasteiger partial charge in [-0.15, -0.1) is 0 Å². The number of halogens is 2. The van der Waals surface area contributed by atoms with Gasteiger partial charge < -0.3 is 5.11 Å². The van der Waals surface area contributed by atoms with Gasteiger partial charge in [0.15, 0.2) is 0 Å². The zero-order valence-electron chi connectivity index (χ0n) is 8.29. The number of aromatic nitrogens is 1. The van der Waals surface area contributed by atoms with Gasteiger partial charge in [0, 0.05) is 9.86 Å². The van der Waals surface area contributed by atoms with Crippen LogP contribution >= 0.6 is 27.5 Å². The van der Waals surface area contributed by atoms with Crippen molar-refractivity contribution in [1.29, 1.82) is 0 Å². The molecule has 3 nitrogen and oxygen atoms in total. The number of carbonyl (C=O) groups is 1. The van der Waals surface area contributed by atoms with E-state index in [0.717, 1.165) is 15.4 Å². The highest BCUT2D eigenvalue weighted by Crippen LogP contribution is 2.28. The Morgan fingerprint density at radius 1 is 1.50 bits per heavy atom. The highest BCUT2D eigenvalue weighted by molar-refractivity contribution is 9.10. The van der Waals surface area contributed by atoms with E-state index in [4.69, 9.17) is 16.7 Å². The summed E-state index contributed by atoms with van der Waals surface area (Å²) in [6.45, 7) is 1.90. The van der Waals surface area contributed by atoms with Crippen molar-refractivity contribution < 1.29 is 9.90 Å². The highest BCUT2D eigenvalue weighted by Gasteiger charge is 2.13. The van der Waals surface area contributed by atoms with Gasteiger partial charge in [-0.2, -0.15) is 0 Å². The second-order valence-electron chi connectivity index (χ2n) is 3.39. The summed E-state index contributed by atoms with van der Waals surface area (Å²) < 4.78 is 0.805. The molecule has 0 saturated carbocycles. The normalized spacial score (nSPS) is 10.7. The number of carboxylic acid groups (broad SMARTS) is 1. The molecular weight excluding hydrogens is 293 g/mol. The molecule has 5 heteroatoms. The minimum Gasteiger partial charge on any atom is -0.478 e. The van der Waals surface area contributed by atoms with Crippen LogP contribution in [0.1, 0.15) is 15.9 Å². The summed E-state index contributed by atoms with van der Waals surface area (Å²) in [5.41, 5.74) is 1.68. The lowest BCUT2D eigenvalue weighted by molar-refractivity contribution is 0.0697. The number of benzene rings is 1. The fraction of sp³-hybridized carbons (Fsp3) is 0.0909. The maximum atomic E-state index is 10.9. The van der Waals surface area contributed by atoms with Crippen molar-refractivity contribution in [3.8, 4) is 0 Å². The molecule has 2 aromatic rings. The van der Waals surface area contributed by atoms with Crippen molar-refractivity contribution in [3.63, 3.8) is 0 Å². The van der Waals surface area contributed by atoms with Crippen LogP contribution in [0, 0.1) is 6.92 Å². The van der Waals surface area contributed by atoms with E-state index in [9.17, 15) is 4.79 Å². The van der Waals surface area contributed by atoms with Gasteiger partial charge in [-0.25, -0.2) is 9.78 Å². The third kappa shape index (κ3) is 1.79. The monoisotopic (exact) mass is 299 g/mol. The minimum atomic E-state index is -1.08. The van der Waals surface area contributed by atoms with E-state index in [1.54, 1.807) is 0 Å². The summed E-state index contributed by atoms with van der Waals surface area (Å²) in [4.78, 5) is 15.0. The molecule has 0 radical (unpaired) electrons. The average molecular weight is 301 g/mol. The van der Waals surface area contributed by atoms with E-state index in [0.29, 0.717) is 5.52 Å². The molecule has 0 aliphatic heterocycles. The van der Waals surface area contributed by atoms with E-state index in [1.807, 2.05) is 19.1 Å². The number of aryl methyl sites for hydroxylation is 1. The second-order valence-corrected chi connectivity index (χ2v) is 4.60. The van der Waals surface area contributed by atoms with Gasteiger partial charge in [-0.1, -0.05) is 33.6 Å². The Hall–Kier alpha value is -1.13. The molecule has 2 rings (SSSR count).